The van der Waals surface area contributed by atoms with Crippen LogP contribution in [0.5, 0.6) is 5.75 Å². The minimum absolute atomic E-state index is 0.0283. The van der Waals surface area contributed by atoms with Gasteiger partial charge in [0.2, 0.25) is 0 Å². The summed E-state index contributed by atoms with van der Waals surface area (Å²) in [5, 5.41) is 0. The number of nitrogens with two attached hydrogens (primary N) is 1. The van der Waals surface area contributed by atoms with Crippen LogP contribution in [0.1, 0.15) is 71.0 Å². The van der Waals surface area contributed by atoms with Crippen molar-refractivity contribution in [1.29, 1.82) is 0 Å². The second kappa shape index (κ2) is 8.92. The first-order valence-electron chi connectivity index (χ1n) is 7.55. The monoisotopic (exact) mass is 264 g/mol. The van der Waals surface area contributed by atoms with E-state index in [1.54, 1.807) is 6.20 Å². The zero-order chi connectivity index (χ0) is 14.1. The van der Waals surface area contributed by atoms with Gasteiger partial charge in [0.05, 0.1) is 18.0 Å². The van der Waals surface area contributed by atoms with E-state index >= 15 is 0 Å². The first-order chi connectivity index (χ1) is 9.17. The van der Waals surface area contributed by atoms with Gasteiger partial charge in [-0.1, -0.05) is 33.1 Å². The molecule has 0 aliphatic carbocycles. The van der Waals surface area contributed by atoms with Gasteiger partial charge in [-0.25, -0.2) is 0 Å². The molecule has 19 heavy (non-hydrogen) atoms. The van der Waals surface area contributed by atoms with Crippen LogP contribution in [0.3, 0.4) is 0 Å². The summed E-state index contributed by atoms with van der Waals surface area (Å²) >= 11 is 0. The smallest absolute Gasteiger partial charge is 0.138 e. The van der Waals surface area contributed by atoms with Crippen molar-refractivity contribution in [2.24, 2.45) is 5.73 Å². The molecule has 0 fully saturated rings. The second-order valence-corrected chi connectivity index (χ2v) is 5.21. The lowest BCUT2D eigenvalue weighted by atomic mass is 10.1. The standard InChI is InChI=1S/C16H28N2O/c1-4-6-7-8-9-13(3)19-14-10-11-16(18-12-14)15(17)5-2/h10-13,15H,4-9,17H2,1-3H3/t13?,15-/m1/s1. The number of pyridine rings is 1. The summed E-state index contributed by atoms with van der Waals surface area (Å²) in [5.74, 6) is 0.843. The first kappa shape index (κ1) is 16.0. The summed E-state index contributed by atoms with van der Waals surface area (Å²) in [6.07, 6.45) is 9.18. The zero-order valence-electron chi connectivity index (χ0n) is 12.6. The lowest BCUT2D eigenvalue weighted by Crippen LogP contribution is -2.13. The lowest BCUT2D eigenvalue weighted by Gasteiger charge is -2.15. The molecule has 0 radical (unpaired) electrons. The molecule has 0 saturated carbocycles. The molecule has 108 valence electrons. The SMILES string of the molecule is CCCCCCC(C)Oc1ccc([C@H](N)CC)nc1. The second-order valence-electron chi connectivity index (χ2n) is 5.21. The third-order valence-electron chi connectivity index (χ3n) is 3.38. The number of ether oxygens (including phenoxy) is 1. The average molecular weight is 264 g/mol. The third kappa shape index (κ3) is 6.06. The van der Waals surface area contributed by atoms with Crippen LogP contribution in [0, 0.1) is 0 Å². The molecular formula is C16H28N2O. The Labute approximate surface area is 117 Å². The number of hydrogen-bond acceptors (Lipinski definition) is 3. The zero-order valence-corrected chi connectivity index (χ0v) is 12.6. The predicted octanol–water partition coefficient (Wildman–Crippen LogP) is 4.23. The fourth-order valence-electron chi connectivity index (χ4n) is 2.04. The molecule has 0 spiro atoms. The molecule has 3 heteroatoms. The van der Waals surface area contributed by atoms with Crippen molar-refractivity contribution in [3.63, 3.8) is 0 Å². The maximum absolute atomic E-state index is 5.94. The van der Waals surface area contributed by atoms with Gasteiger partial charge in [0.1, 0.15) is 5.75 Å². The maximum Gasteiger partial charge on any atom is 0.138 e. The summed E-state index contributed by atoms with van der Waals surface area (Å²) in [6.45, 7) is 6.42. The first-order valence-corrected chi connectivity index (χ1v) is 7.55. The Bertz CT molecular complexity index is 337. The van der Waals surface area contributed by atoms with E-state index in [9.17, 15) is 0 Å². The van der Waals surface area contributed by atoms with Gasteiger partial charge >= 0.3 is 0 Å². The van der Waals surface area contributed by atoms with E-state index < -0.39 is 0 Å². The minimum atomic E-state index is 0.0283. The van der Waals surface area contributed by atoms with E-state index in [1.807, 2.05) is 12.1 Å². The molecule has 1 aromatic heterocycles. The molecule has 1 unspecified atom stereocenters. The van der Waals surface area contributed by atoms with Gasteiger partial charge < -0.3 is 10.5 Å². The van der Waals surface area contributed by atoms with Crippen LogP contribution in [0.25, 0.3) is 0 Å². The highest BCUT2D eigenvalue weighted by atomic mass is 16.5. The van der Waals surface area contributed by atoms with Crippen LogP contribution in [-0.2, 0) is 0 Å². The molecule has 2 atom stereocenters. The molecule has 0 aliphatic heterocycles. The van der Waals surface area contributed by atoms with Gasteiger partial charge in [-0.2, -0.15) is 0 Å². The van der Waals surface area contributed by atoms with Crippen LogP contribution >= 0.6 is 0 Å². The molecule has 0 aromatic carbocycles. The van der Waals surface area contributed by atoms with Gasteiger partial charge in [-0.3, -0.25) is 4.98 Å². The van der Waals surface area contributed by atoms with Crippen LogP contribution in [0.4, 0.5) is 0 Å². The lowest BCUT2D eigenvalue weighted by molar-refractivity contribution is 0.205. The summed E-state index contributed by atoms with van der Waals surface area (Å²) in [5.41, 5.74) is 6.87. The molecule has 2 N–H and O–H groups in total. The van der Waals surface area contributed by atoms with Crippen LogP contribution in [0.15, 0.2) is 18.3 Å². The molecule has 3 nitrogen and oxygen atoms in total. The maximum atomic E-state index is 5.94. The van der Waals surface area contributed by atoms with Crippen molar-refractivity contribution in [2.75, 3.05) is 0 Å². The van der Waals surface area contributed by atoms with E-state index in [1.165, 1.54) is 25.7 Å². The van der Waals surface area contributed by atoms with E-state index in [-0.39, 0.29) is 12.1 Å². The van der Waals surface area contributed by atoms with Crippen molar-refractivity contribution >= 4 is 0 Å². The quantitative estimate of drug-likeness (QED) is 0.679. The van der Waals surface area contributed by atoms with Crippen molar-refractivity contribution < 1.29 is 4.74 Å². The van der Waals surface area contributed by atoms with Crippen molar-refractivity contribution in [3.05, 3.63) is 24.0 Å². The van der Waals surface area contributed by atoms with Gasteiger partial charge in [-0.15, -0.1) is 0 Å². The van der Waals surface area contributed by atoms with Gasteiger partial charge in [-0.05, 0) is 38.3 Å². The third-order valence-corrected chi connectivity index (χ3v) is 3.38. The van der Waals surface area contributed by atoms with Crippen LogP contribution < -0.4 is 10.5 Å². The summed E-state index contributed by atoms with van der Waals surface area (Å²) < 4.78 is 5.86. The Balaban J connectivity index is 2.36. The van der Waals surface area contributed by atoms with Crippen molar-refractivity contribution in [2.45, 2.75) is 71.4 Å². The molecule has 0 bridgehead atoms. The van der Waals surface area contributed by atoms with Crippen LogP contribution in [-0.4, -0.2) is 11.1 Å². The summed E-state index contributed by atoms with van der Waals surface area (Å²) in [4.78, 5) is 4.36. The number of unbranched alkanes of at least 4 members (excludes halogenated alkanes) is 3. The fraction of sp³-hybridized carbons (Fsp3) is 0.688. The fourth-order valence-corrected chi connectivity index (χ4v) is 2.04. The normalized spacial score (nSPS) is 14.1. The number of rotatable bonds is 9. The van der Waals surface area contributed by atoms with E-state index in [4.69, 9.17) is 10.5 Å². The Kier molecular flexibility index (Phi) is 7.49. The summed E-state index contributed by atoms with van der Waals surface area (Å²) in [7, 11) is 0. The van der Waals surface area contributed by atoms with Crippen LogP contribution in [0.2, 0.25) is 0 Å². The van der Waals surface area contributed by atoms with Gasteiger partial charge in [0.25, 0.3) is 0 Å². The van der Waals surface area contributed by atoms with E-state index in [0.29, 0.717) is 0 Å². The highest BCUT2D eigenvalue weighted by Gasteiger charge is 2.07. The topological polar surface area (TPSA) is 48.1 Å². The number of nitrogens with zero attached hydrogens (tertiary/aromatic N) is 1. The Morgan fingerprint density at radius 1 is 1.21 bits per heavy atom. The Morgan fingerprint density at radius 2 is 2.00 bits per heavy atom. The summed E-state index contributed by atoms with van der Waals surface area (Å²) in [6, 6.07) is 3.97. The molecule has 1 heterocycles. The van der Waals surface area contributed by atoms with Gasteiger partial charge in [0, 0.05) is 6.04 Å². The van der Waals surface area contributed by atoms with Crippen molar-refractivity contribution in [1.82, 2.24) is 4.98 Å². The van der Waals surface area contributed by atoms with Gasteiger partial charge in [0.15, 0.2) is 0 Å². The molecule has 1 rings (SSSR count). The minimum Gasteiger partial charge on any atom is -0.489 e. The molecule has 1 aromatic rings. The Hall–Kier alpha value is -1.09. The molecular weight excluding hydrogens is 236 g/mol. The largest absolute Gasteiger partial charge is 0.489 e. The Morgan fingerprint density at radius 3 is 2.58 bits per heavy atom. The highest BCUT2D eigenvalue weighted by Crippen LogP contribution is 2.17. The average Bonchev–Trinajstić information content (AvgIpc) is 2.43. The number of hydrogen-bond donors (Lipinski definition) is 1. The molecule has 0 saturated heterocycles. The predicted molar refractivity (Wildman–Crippen MR) is 80.3 cm³/mol. The van der Waals surface area contributed by atoms with E-state index in [2.05, 4.69) is 25.8 Å². The molecule has 0 aliphatic rings. The highest BCUT2D eigenvalue weighted by molar-refractivity contribution is 5.21. The molecule has 0 amide bonds. The van der Waals surface area contributed by atoms with Crippen molar-refractivity contribution in [3.8, 4) is 5.75 Å². The van der Waals surface area contributed by atoms with E-state index in [0.717, 1.165) is 24.3 Å². The number of aromatic nitrogens is 1.